The number of nitrogens with zero attached hydrogens (tertiary/aromatic N) is 1. The summed E-state index contributed by atoms with van der Waals surface area (Å²) in [5.41, 5.74) is 4.88. The number of hydrogen-bond acceptors (Lipinski definition) is 1. The second-order valence-corrected chi connectivity index (χ2v) is 3.99. The largest absolute Gasteiger partial charge is 0.360 e. The molecule has 0 aromatic carbocycles. The highest BCUT2D eigenvalue weighted by Gasteiger charge is 2.05. The second kappa shape index (κ2) is 3.45. The molecule has 0 amide bonds. The molecule has 2 heteroatoms. The molecule has 14 heavy (non-hydrogen) atoms. The van der Waals surface area contributed by atoms with E-state index in [0.717, 1.165) is 17.5 Å². The predicted molar refractivity (Wildman–Crippen MR) is 59.6 cm³/mol. The molecular formula is C12H16N2. The lowest BCUT2D eigenvalue weighted by molar-refractivity contribution is 0.861. The monoisotopic (exact) mass is 188 g/mol. The summed E-state index contributed by atoms with van der Waals surface area (Å²) in [7, 11) is 0. The summed E-state index contributed by atoms with van der Waals surface area (Å²) in [6, 6.07) is 2.20. The van der Waals surface area contributed by atoms with Crippen molar-refractivity contribution in [2.45, 2.75) is 33.1 Å². The number of aromatic nitrogens is 2. The van der Waals surface area contributed by atoms with Crippen LogP contribution in [-0.2, 0) is 6.42 Å². The number of H-pyrrole nitrogens is 1. The Balaban J connectivity index is 2.57. The number of fused-ring (bicyclic) bond motifs is 1. The molecule has 0 radical (unpaired) electrons. The van der Waals surface area contributed by atoms with Crippen molar-refractivity contribution in [2.75, 3.05) is 0 Å². The van der Waals surface area contributed by atoms with Crippen LogP contribution in [-0.4, -0.2) is 9.97 Å². The minimum absolute atomic E-state index is 0.542. The first-order chi connectivity index (χ1) is 6.72. The van der Waals surface area contributed by atoms with Gasteiger partial charge in [0.25, 0.3) is 0 Å². The fraction of sp³-hybridized carbons (Fsp3) is 0.417. The second-order valence-electron chi connectivity index (χ2n) is 3.99. The number of hydrogen-bond donors (Lipinski definition) is 1. The molecule has 0 saturated carbocycles. The number of aryl methyl sites for hydroxylation is 1. The van der Waals surface area contributed by atoms with Crippen LogP contribution in [0.1, 0.15) is 37.8 Å². The third kappa shape index (κ3) is 1.41. The van der Waals surface area contributed by atoms with Crippen LogP contribution in [0.2, 0.25) is 0 Å². The van der Waals surface area contributed by atoms with Crippen molar-refractivity contribution in [3.8, 4) is 0 Å². The van der Waals surface area contributed by atoms with Crippen LogP contribution in [0, 0.1) is 0 Å². The van der Waals surface area contributed by atoms with Gasteiger partial charge in [0.1, 0.15) is 0 Å². The number of nitrogens with one attached hydrogen (secondary N) is 1. The molecule has 0 fully saturated rings. The van der Waals surface area contributed by atoms with Gasteiger partial charge >= 0.3 is 0 Å². The molecule has 0 unspecified atom stereocenters. The van der Waals surface area contributed by atoms with E-state index in [1.807, 2.05) is 6.20 Å². The Morgan fingerprint density at radius 3 is 2.86 bits per heavy atom. The first-order valence-corrected chi connectivity index (χ1v) is 5.18. The predicted octanol–water partition coefficient (Wildman–Crippen LogP) is 3.25. The molecule has 2 heterocycles. The lowest BCUT2D eigenvalue weighted by Crippen LogP contribution is -1.89. The first-order valence-electron chi connectivity index (χ1n) is 5.18. The Kier molecular flexibility index (Phi) is 2.28. The highest BCUT2D eigenvalue weighted by atomic mass is 14.8. The van der Waals surface area contributed by atoms with Gasteiger partial charge in [-0.2, -0.15) is 0 Å². The van der Waals surface area contributed by atoms with Crippen LogP contribution in [0.15, 0.2) is 18.5 Å². The number of pyridine rings is 1. The van der Waals surface area contributed by atoms with E-state index in [0.29, 0.717) is 5.92 Å². The smallest absolute Gasteiger partial charge is 0.0910 e. The van der Waals surface area contributed by atoms with E-state index in [4.69, 9.17) is 0 Å². The van der Waals surface area contributed by atoms with E-state index in [2.05, 4.69) is 43.0 Å². The Morgan fingerprint density at radius 1 is 1.43 bits per heavy atom. The molecule has 0 aliphatic rings. The molecule has 0 bridgehead atoms. The normalized spacial score (nSPS) is 11.4. The third-order valence-corrected chi connectivity index (χ3v) is 2.66. The highest BCUT2D eigenvalue weighted by Crippen LogP contribution is 2.21. The molecule has 0 atom stereocenters. The van der Waals surface area contributed by atoms with Crippen LogP contribution in [0.4, 0.5) is 0 Å². The minimum Gasteiger partial charge on any atom is -0.360 e. The summed E-state index contributed by atoms with van der Waals surface area (Å²) < 4.78 is 0. The lowest BCUT2D eigenvalue weighted by atomic mass is 10.1. The van der Waals surface area contributed by atoms with E-state index in [9.17, 15) is 0 Å². The summed E-state index contributed by atoms with van der Waals surface area (Å²) in [6.45, 7) is 6.53. The molecule has 2 rings (SSSR count). The van der Waals surface area contributed by atoms with Gasteiger partial charge in [0.2, 0.25) is 0 Å². The zero-order chi connectivity index (χ0) is 10.1. The summed E-state index contributed by atoms with van der Waals surface area (Å²) in [6.07, 6.45) is 5.08. The van der Waals surface area contributed by atoms with E-state index < -0.39 is 0 Å². The zero-order valence-electron chi connectivity index (χ0n) is 8.96. The van der Waals surface area contributed by atoms with Crippen LogP contribution < -0.4 is 0 Å². The maximum absolute atomic E-state index is 4.50. The van der Waals surface area contributed by atoms with Crippen molar-refractivity contribution in [1.82, 2.24) is 9.97 Å². The van der Waals surface area contributed by atoms with Gasteiger partial charge < -0.3 is 4.98 Å². The van der Waals surface area contributed by atoms with Crippen molar-refractivity contribution in [3.05, 3.63) is 29.6 Å². The molecule has 2 nitrogen and oxygen atoms in total. The van der Waals surface area contributed by atoms with E-state index in [-0.39, 0.29) is 0 Å². The van der Waals surface area contributed by atoms with Crippen LogP contribution in [0.3, 0.4) is 0 Å². The fourth-order valence-electron chi connectivity index (χ4n) is 1.67. The summed E-state index contributed by atoms with van der Waals surface area (Å²) in [5, 5.41) is 0. The van der Waals surface area contributed by atoms with E-state index in [1.165, 1.54) is 11.1 Å². The topological polar surface area (TPSA) is 28.7 Å². The Bertz CT molecular complexity index is 441. The zero-order valence-corrected chi connectivity index (χ0v) is 8.96. The molecule has 1 N–H and O–H groups in total. The van der Waals surface area contributed by atoms with Crippen LogP contribution >= 0.6 is 0 Å². The molecule has 2 aromatic heterocycles. The van der Waals surface area contributed by atoms with Crippen molar-refractivity contribution >= 4 is 11.0 Å². The first kappa shape index (κ1) is 9.25. The Morgan fingerprint density at radius 2 is 2.21 bits per heavy atom. The third-order valence-electron chi connectivity index (χ3n) is 2.66. The number of aromatic amines is 1. The molecule has 0 aliphatic heterocycles. The standard InChI is InChI=1S/C12H16N2/c1-4-9-6-13-11-5-10(8(2)3)7-14-12(9)11/h5-8,13H,4H2,1-3H3. The lowest BCUT2D eigenvalue weighted by Gasteiger charge is -2.03. The van der Waals surface area contributed by atoms with E-state index in [1.54, 1.807) is 0 Å². The van der Waals surface area contributed by atoms with Gasteiger partial charge in [-0.3, -0.25) is 4.98 Å². The Hall–Kier alpha value is -1.31. The maximum Gasteiger partial charge on any atom is 0.0910 e. The molecule has 2 aromatic rings. The van der Waals surface area contributed by atoms with Crippen molar-refractivity contribution in [1.29, 1.82) is 0 Å². The average molecular weight is 188 g/mol. The summed E-state index contributed by atoms with van der Waals surface area (Å²) in [5.74, 6) is 0.542. The maximum atomic E-state index is 4.50. The fourth-order valence-corrected chi connectivity index (χ4v) is 1.67. The van der Waals surface area contributed by atoms with Crippen molar-refractivity contribution < 1.29 is 0 Å². The van der Waals surface area contributed by atoms with Crippen LogP contribution in [0.25, 0.3) is 11.0 Å². The molecule has 0 saturated heterocycles. The molecule has 0 spiro atoms. The average Bonchev–Trinajstić information content (AvgIpc) is 2.59. The summed E-state index contributed by atoms with van der Waals surface area (Å²) in [4.78, 5) is 7.77. The van der Waals surface area contributed by atoms with Gasteiger partial charge in [0.05, 0.1) is 11.0 Å². The van der Waals surface area contributed by atoms with Crippen molar-refractivity contribution in [2.24, 2.45) is 0 Å². The molecule has 0 aliphatic carbocycles. The molecule has 74 valence electrons. The SMILES string of the molecule is CCc1c[nH]c2cc(C(C)C)cnc12. The highest BCUT2D eigenvalue weighted by molar-refractivity contribution is 5.79. The minimum atomic E-state index is 0.542. The molecular weight excluding hydrogens is 172 g/mol. The van der Waals surface area contributed by atoms with E-state index >= 15 is 0 Å². The van der Waals surface area contributed by atoms with Gasteiger partial charge in [-0.15, -0.1) is 0 Å². The van der Waals surface area contributed by atoms with Crippen molar-refractivity contribution in [3.63, 3.8) is 0 Å². The van der Waals surface area contributed by atoms with Gasteiger partial charge in [-0.05, 0) is 29.5 Å². The number of rotatable bonds is 2. The quantitative estimate of drug-likeness (QED) is 0.770. The van der Waals surface area contributed by atoms with Gasteiger partial charge in [0, 0.05) is 12.4 Å². The summed E-state index contributed by atoms with van der Waals surface area (Å²) >= 11 is 0. The Labute approximate surface area is 84.4 Å². The van der Waals surface area contributed by atoms with Gasteiger partial charge in [-0.25, -0.2) is 0 Å². The van der Waals surface area contributed by atoms with Crippen LogP contribution in [0.5, 0.6) is 0 Å². The van der Waals surface area contributed by atoms with Gasteiger partial charge in [-0.1, -0.05) is 20.8 Å². The van der Waals surface area contributed by atoms with Gasteiger partial charge in [0.15, 0.2) is 0 Å².